The van der Waals surface area contributed by atoms with Crippen molar-refractivity contribution in [2.45, 2.75) is 19.9 Å². The second kappa shape index (κ2) is 9.76. The average molecular weight is 380 g/mol. The van der Waals surface area contributed by atoms with E-state index in [1.807, 2.05) is 36.4 Å². The molecule has 5 heteroatoms. The van der Waals surface area contributed by atoms with Crippen molar-refractivity contribution in [3.8, 4) is 17.1 Å². The zero-order valence-corrected chi connectivity index (χ0v) is 16.3. The quantitative estimate of drug-likeness (QED) is 0.456. The molecule has 1 heterocycles. The second-order valence-electron chi connectivity index (χ2n) is 6.44. The lowest BCUT2D eigenvalue weighted by molar-refractivity contribution is -0.671. The van der Waals surface area contributed by atoms with E-state index in [1.54, 1.807) is 26.2 Å². The highest BCUT2D eigenvalue weighted by Gasteiger charge is 2.09. The molecule has 0 fully saturated rings. The Morgan fingerprint density at radius 1 is 1.00 bits per heavy atom. The van der Waals surface area contributed by atoms with Crippen LogP contribution in [0.2, 0.25) is 0 Å². The van der Waals surface area contributed by atoms with Crippen molar-refractivity contribution in [2.75, 3.05) is 20.3 Å². The molecule has 3 rings (SSSR count). The normalized spacial score (nSPS) is 10.6. The molecular weight excluding hydrogens is 354 g/mol. The smallest absolute Gasteiger partial charge is 0.338 e. The van der Waals surface area contributed by atoms with Crippen LogP contribution in [-0.2, 0) is 17.7 Å². The molecule has 2 aromatic carbocycles. The monoisotopic (exact) mass is 380 g/mol. The minimum Gasteiger partial charge on any atom is -0.497 e. The summed E-state index contributed by atoms with van der Waals surface area (Å²) in [5.41, 5.74) is 2.78. The first kappa shape index (κ1) is 19.7. The van der Waals surface area contributed by atoms with Crippen molar-refractivity contribution in [2.24, 2.45) is 0 Å². The summed E-state index contributed by atoms with van der Waals surface area (Å²) in [5.74, 6) is 2.31. The van der Waals surface area contributed by atoms with Gasteiger partial charge in [0.1, 0.15) is 18.1 Å². The molecule has 0 aliphatic rings. The van der Waals surface area contributed by atoms with Gasteiger partial charge in [-0.25, -0.2) is 4.79 Å². The number of rotatable bonds is 9. The summed E-state index contributed by atoms with van der Waals surface area (Å²) in [6, 6.07) is 19.4. The van der Waals surface area contributed by atoms with Crippen molar-refractivity contribution in [3.05, 3.63) is 77.6 Å². The maximum absolute atomic E-state index is 11.7. The Morgan fingerprint density at radius 3 is 2.43 bits per heavy atom. The minimum atomic E-state index is -0.305. The van der Waals surface area contributed by atoms with E-state index >= 15 is 0 Å². The summed E-state index contributed by atoms with van der Waals surface area (Å²) >= 11 is 0. The van der Waals surface area contributed by atoms with Crippen molar-refractivity contribution < 1.29 is 24.0 Å². The fourth-order valence-electron chi connectivity index (χ4n) is 2.93. The number of methoxy groups -OCH3 is 1. The van der Waals surface area contributed by atoms with Crippen LogP contribution >= 0.6 is 0 Å². The third kappa shape index (κ3) is 5.24. The molecule has 0 saturated carbocycles. The molecule has 0 radical (unpaired) electrons. The SMILES string of the molecule is CCOC(=O)c1ccc(-c2ccc(C[NH2+]CCc3ccc(OC)cc3)o2)cc1. The van der Waals surface area contributed by atoms with Crippen LogP contribution in [0.4, 0.5) is 0 Å². The predicted octanol–water partition coefficient (Wildman–Crippen LogP) is 3.44. The Labute approximate surface area is 165 Å². The third-order valence-electron chi connectivity index (χ3n) is 4.48. The van der Waals surface area contributed by atoms with Crippen LogP contribution in [0.25, 0.3) is 11.3 Å². The Morgan fingerprint density at radius 2 is 1.75 bits per heavy atom. The van der Waals surface area contributed by atoms with Gasteiger partial charge in [-0.15, -0.1) is 0 Å². The maximum Gasteiger partial charge on any atom is 0.338 e. The van der Waals surface area contributed by atoms with Crippen molar-refractivity contribution in [1.82, 2.24) is 0 Å². The van der Waals surface area contributed by atoms with Crippen molar-refractivity contribution in [3.63, 3.8) is 0 Å². The summed E-state index contributed by atoms with van der Waals surface area (Å²) in [7, 11) is 1.68. The van der Waals surface area contributed by atoms with Gasteiger partial charge in [0.15, 0.2) is 5.76 Å². The summed E-state index contributed by atoms with van der Waals surface area (Å²) in [4.78, 5) is 11.7. The minimum absolute atomic E-state index is 0.305. The topological polar surface area (TPSA) is 65.3 Å². The summed E-state index contributed by atoms with van der Waals surface area (Å²) in [6.07, 6.45) is 0.993. The number of carbonyl (C=O) groups excluding carboxylic acids is 1. The molecule has 0 aliphatic heterocycles. The number of hydrogen-bond acceptors (Lipinski definition) is 4. The number of esters is 1. The zero-order valence-electron chi connectivity index (χ0n) is 16.3. The highest BCUT2D eigenvalue weighted by molar-refractivity contribution is 5.89. The van der Waals surface area contributed by atoms with Gasteiger partial charge in [-0.2, -0.15) is 0 Å². The Hall–Kier alpha value is -3.05. The van der Waals surface area contributed by atoms with E-state index in [0.717, 1.165) is 42.3 Å². The summed E-state index contributed by atoms with van der Waals surface area (Å²) in [6.45, 7) is 3.94. The predicted molar refractivity (Wildman–Crippen MR) is 107 cm³/mol. The fourth-order valence-corrected chi connectivity index (χ4v) is 2.93. The van der Waals surface area contributed by atoms with Crippen molar-refractivity contribution in [1.29, 1.82) is 0 Å². The Kier molecular flexibility index (Phi) is 6.87. The molecule has 0 aliphatic carbocycles. The number of nitrogens with two attached hydrogens (primary N) is 1. The van der Waals surface area contributed by atoms with Crippen LogP contribution in [0.3, 0.4) is 0 Å². The van der Waals surface area contributed by atoms with Crippen molar-refractivity contribution >= 4 is 5.97 Å². The number of furan rings is 1. The average Bonchev–Trinajstić information content (AvgIpc) is 3.21. The highest BCUT2D eigenvalue weighted by Crippen LogP contribution is 2.22. The molecule has 2 N–H and O–H groups in total. The van der Waals surface area contributed by atoms with Crippen LogP contribution < -0.4 is 10.1 Å². The van der Waals surface area contributed by atoms with E-state index in [9.17, 15) is 4.79 Å². The summed E-state index contributed by atoms with van der Waals surface area (Å²) < 4.78 is 16.1. The van der Waals surface area contributed by atoms with Gasteiger partial charge < -0.3 is 19.2 Å². The lowest BCUT2D eigenvalue weighted by atomic mass is 10.1. The van der Waals surface area contributed by atoms with E-state index in [2.05, 4.69) is 17.4 Å². The van der Waals surface area contributed by atoms with Crippen LogP contribution in [0.15, 0.2) is 65.1 Å². The largest absolute Gasteiger partial charge is 0.497 e. The molecular formula is C23H26NO4+. The third-order valence-corrected chi connectivity index (χ3v) is 4.48. The zero-order chi connectivity index (χ0) is 19.8. The van der Waals surface area contributed by atoms with E-state index in [1.165, 1.54) is 5.56 Å². The molecule has 0 spiro atoms. The molecule has 1 aromatic heterocycles. The van der Waals surface area contributed by atoms with Crippen LogP contribution in [0.1, 0.15) is 28.6 Å². The van der Waals surface area contributed by atoms with Crippen LogP contribution in [0.5, 0.6) is 5.75 Å². The number of benzene rings is 2. The molecule has 0 amide bonds. The molecule has 146 valence electrons. The molecule has 0 atom stereocenters. The summed E-state index contributed by atoms with van der Waals surface area (Å²) in [5, 5.41) is 2.23. The van der Waals surface area contributed by atoms with E-state index in [4.69, 9.17) is 13.9 Å². The first-order valence-corrected chi connectivity index (χ1v) is 9.50. The number of ether oxygens (including phenoxy) is 2. The first-order valence-electron chi connectivity index (χ1n) is 9.50. The number of hydrogen-bond donors (Lipinski definition) is 1. The standard InChI is InChI=1S/C23H25NO4/c1-3-27-23(25)19-8-6-18(7-9-19)22-13-12-21(28-22)16-24-15-14-17-4-10-20(26-2)11-5-17/h4-13,24H,3,14-16H2,1-2H3/p+1. The van der Waals surface area contributed by atoms with Gasteiger partial charge in [-0.05, 0) is 48.9 Å². The Bertz CT molecular complexity index is 882. The van der Waals surface area contributed by atoms with Gasteiger partial charge in [-0.1, -0.05) is 24.3 Å². The molecule has 28 heavy (non-hydrogen) atoms. The highest BCUT2D eigenvalue weighted by atomic mass is 16.5. The second-order valence-corrected chi connectivity index (χ2v) is 6.44. The van der Waals surface area contributed by atoms with Gasteiger partial charge >= 0.3 is 5.97 Å². The lowest BCUT2D eigenvalue weighted by Gasteiger charge is -2.03. The molecule has 0 unspecified atom stereocenters. The van der Waals surface area contributed by atoms with Gasteiger partial charge in [0.25, 0.3) is 0 Å². The van der Waals surface area contributed by atoms with E-state index in [-0.39, 0.29) is 5.97 Å². The Balaban J connectivity index is 1.49. The van der Waals surface area contributed by atoms with Crippen LogP contribution in [0, 0.1) is 0 Å². The van der Waals surface area contributed by atoms with Gasteiger partial charge in [-0.3, -0.25) is 0 Å². The molecule has 0 saturated heterocycles. The number of quaternary nitrogens is 1. The number of carbonyl (C=O) groups is 1. The molecule has 0 bridgehead atoms. The fraction of sp³-hybridized carbons (Fsp3) is 0.261. The van der Waals surface area contributed by atoms with Crippen LogP contribution in [-0.4, -0.2) is 26.2 Å². The van der Waals surface area contributed by atoms with E-state index < -0.39 is 0 Å². The first-order chi connectivity index (χ1) is 13.7. The molecule has 5 nitrogen and oxygen atoms in total. The maximum atomic E-state index is 11.7. The van der Waals surface area contributed by atoms with E-state index in [0.29, 0.717) is 12.2 Å². The van der Waals surface area contributed by atoms with Gasteiger partial charge in [0.2, 0.25) is 0 Å². The molecule has 3 aromatic rings. The van der Waals surface area contributed by atoms with Gasteiger partial charge in [0.05, 0.1) is 25.8 Å². The van der Waals surface area contributed by atoms with Gasteiger partial charge in [0, 0.05) is 12.0 Å². The lowest BCUT2D eigenvalue weighted by Crippen LogP contribution is -2.83.